The third kappa shape index (κ3) is 4.77. The fourth-order valence-corrected chi connectivity index (χ4v) is 4.29. The first kappa shape index (κ1) is 21.0. The molecule has 2 N–H and O–H groups in total. The van der Waals surface area contributed by atoms with Crippen molar-refractivity contribution in [2.24, 2.45) is 0 Å². The zero-order valence-electron chi connectivity index (χ0n) is 18.0. The number of ether oxygens (including phenoxy) is 1. The van der Waals surface area contributed by atoms with E-state index in [2.05, 4.69) is 36.5 Å². The molecule has 1 atom stereocenters. The molecular weight excluding hydrogens is 412 g/mol. The molecule has 0 radical (unpaired) electrons. The maximum Gasteiger partial charge on any atom is 0.319 e. The molecule has 162 valence electrons. The van der Waals surface area contributed by atoms with E-state index in [0.29, 0.717) is 18.0 Å². The summed E-state index contributed by atoms with van der Waals surface area (Å²) in [5.41, 5.74) is 2.52. The summed E-state index contributed by atoms with van der Waals surface area (Å²) in [6.07, 6.45) is 6.81. The minimum Gasteiger partial charge on any atom is -0.491 e. The zero-order valence-corrected chi connectivity index (χ0v) is 18.9. The highest BCUT2D eigenvalue weighted by Gasteiger charge is 2.22. The Bertz CT molecular complexity index is 1120. The smallest absolute Gasteiger partial charge is 0.319 e. The number of hydrogen-bond donors (Lipinski definition) is 2. The second-order valence-electron chi connectivity index (χ2n) is 7.64. The second kappa shape index (κ2) is 8.89. The molecule has 1 aliphatic heterocycles. The molecule has 2 amide bonds. The number of aromatic nitrogens is 4. The van der Waals surface area contributed by atoms with Gasteiger partial charge in [-0.1, -0.05) is 6.08 Å². The van der Waals surface area contributed by atoms with Crippen molar-refractivity contribution in [2.75, 3.05) is 11.9 Å². The van der Waals surface area contributed by atoms with Crippen molar-refractivity contribution in [2.45, 2.75) is 46.1 Å². The van der Waals surface area contributed by atoms with Crippen molar-refractivity contribution in [3.8, 4) is 17.0 Å². The number of rotatable bonds is 6. The van der Waals surface area contributed by atoms with Crippen LogP contribution < -0.4 is 15.4 Å². The second-order valence-corrected chi connectivity index (χ2v) is 8.85. The Kier molecular flexibility index (Phi) is 6.03. The molecule has 1 aromatic carbocycles. The molecule has 2 aromatic heterocycles. The number of imidazole rings is 1. The topological polar surface area (TPSA) is 94.0 Å². The van der Waals surface area contributed by atoms with Crippen molar-refractivity contribution < 1.29 is 9.53 Å². The molecule has 0 saturated carbocycles. The zero-order chi connectivity index (χ0) is 22.0. The molecule has 4 rings (SSSR count). The normalized spacial score (nSPS) is 15.1. The number of hydrogen-bond acceptors (Lipinski definition) is 6. The van der Waals surface area contributed by atoms with E-state index in [1.54, 1.807) is 11.3 Å². The average molecular weight is 439 g/mol. The Balaban J connectivity index is 1.66. The number of carbonyl (C=O) groups is 1. The molecule has 9 heteroatoms. The van der Waals surface area contributed by atoms with Gasteiger partial charge in [-0.25, -0.2) is 9.78 Å². The summed E-state index contributed by atoms with van der Waals surface area (Å²) in [6, 6.07) is 5.48. The van der Waals surface area contributed by atoms with Gasteiger partial charge in [0.25, 0.3) is 0 Å². The van der Waals surface area contributed by atoms with Gasteiger partial charge in [0.05, 0.1) is 18.0 Å². The van der Waals surface area contributed by atoms with Gasteiger partial charge in [0.15, 0.2) is 0 Å². The summed E-state index contributed by atoms with van der Waals surface area (Å²) in [7, 11) is 0. The van der Waals surface area contributed by atoms with E-state index in [-0.39, 0.29) is 18.1 Å². The number of urea groups is 1. The predicted molar refractivity (Wildman–Crippen MR) is 123 cm³/mol. The van der Waals surface area contributed by atoms with Gasteiger partial charge in [0.1, 0.15) is 21.6 Å². The number of amides is 2. The van der Waals surface area contributed by atoms with Crippen LogP contribution in [0.1, 0.15) is 42.5 Å². The van der Waals surface area contributed by atoms with E-state index in [1.165, 1.54) is 0 Å². The van der Waals surface area contributed by atoms with E-state index in [9.17, 15) is 4.79 Å². The number of allylic oxidation sites excluding steroid dienone is 1. The maximum absolute atomic E-state index is 12.0. The number of carbonyl (C=O) groups excluding carboxylic acids is 1. The van der Waals surface area contributed by atoms with Gasteiger partial charge < -0.3 is 19.9 Å². The highest BCUT2D eigenvalue weighted by molar-refractivity contribution is 7.11. The average Bonchev–Trinajstić information content (AvgIpc) is 3.33. The molecule has 3 aromatic rings. The third-order valence-electron chi connectivity index (χ3n) is 4.77. The van der Waals surface area contributed by atoms with Crippen LogP contribution in [-0.4, -0.2) is 38.4 Å². The van der Waals surface area contributed by atoms with Crippen LogP contribution in [0.4, 0.5) is 10.5 Å². The summed E-state index contributed by atoms with van der Waals surface area (Å²) in [5, 5.41) is 16.0. The molecule has 0 aliphatic carbocycles. The number of nitrogens with zero attached hydrogens (tertiary/aromatic N) is 4. The van der Waals surface area contributed by atoms with Gasteiger partial charge in [-0.05, 0) is 39.8 Å². The molecule has 0 fully saturated rings. The Morgan fingerprint density at radius 3 is 2.87 bits per heavy atom. The largest absolute Gasteiger partial charge is 0.491 e. The molecule has 31 heavy (non-hydrogen) atoms. The summed E-state index contributed by atoms with van der Waals surface area (Å²) in [5.74, 6) is 1.83. The van der Waals surface area contributed by atoms with Gasteiger partial charge in [0.2, 0.25) is 0 Å². The number of anilines is 1. The SMILES string of the molecule is CCNC(=O)Nc1cc(OC(C)C)cc(-c2cnc3n2C=CC(c2nnc(C)s2)C3)c1. The molecule has 1 unspecified atom stereocenters. The number of benzene rings is 1. The number of aryl methyl sites for hydroxylation is 1. The number of nitrogens with one attached hydrogen (secondary N) is 2. The van der Waals surface area contributed by atoms with Crippen molar-refractivity contribution in [1.29, 1.82) is 0 Å². The van der Waals surface area contributed by atoms with E-state index >= 15 is 0 Å². The van der Waals surface area contributed by atoms with E-state index < -0.39 is 0 Å². The van der Waals surface area contributed by atoms with E-state index in [1.807, 2.05) is 58.3 Å². The van der Waals surface area contributed by atoms with Crippen LogP contribution in [0.25, 0.3) is 17.5 Å². The minimum atomic E-state index is -0.249. The van der Waals surface area contributed by atoms with Gasteiger partial charge in [-0.2, -0.15) is 0 Å². The first-order valence-electron chi connectivity index (χ1n) is 10.3. The Labute approximate surface area is 185 Å². The van der Waals surface area contributed by atoms with Crippen molar-refractivity contribution in [1.82, 2.24) is 25.1 Å². The van der Waals surface area contributed by atoms with Crippen LogP contribution in [0.5, 0.6) is 5.75 Å². The van der Waals surface area contributed by atoms with Crippen LogP contribution >= 0.6 is 11.3 Å². The van der Waals surface area contributed by atoms with Crippen molar-refractivity contribution in [3.63, 3.8) is 0 Å². The predicted octanol–water partition coefficient (Wildman–Crippen LogP) is 4.45. The summed E-state index contributed by atoms with van der Waals surface area (Å²) in [4.78, 5) is 16.7. The Morgan fingerprint density at radius 2 is 2.16 bits per heavy atom. The monoisotopic (exact) mass is 438 g/mol. The lowest BCUT2D eigenvalue weighted by atomic mass is 10.0. The van der Waals surface area contributed by atoms with Crippen LogP contribution in [0.15, 0.2) is 30.5 Å². The summed E-state index contributed by atoms with van der Waals surface area (Å²) < 4.78 is 8.00. The maximum atomic E-state index is 12.0. The minimum absolute atomic E-state index is 0.0166. The Hall–Kier alpha value is -3.20. The fraction of sp³-hybridized carbons (Fsp3) is 0.364. The molecular formula is C22H26N6O2S. The Morgan fingerprint density at radius 1 is 1.32 bits per heavy atom. The number of fused-ring (bicyclic) bond motifs is 1. The van der Waals surface area contributed by atoms with E-state index in [0.717, 1.165) is 33.5 Å². The standard InChI is InChI=1S/C22H26N6O2S/c1-5-23-22(29)25-17-8-16(9-18(11-17)30-13(2)3)19-12-24-20-10-15(6-7-28(19)20)21-27-26-14(4)31-21/h6-9,11-13,15H,5,10H2,1-4H3,(H2,23,25,29). The fourth-order valence-electron chi connectivity index (χ4n) is 3.51. The summed E-state index contributed by atoms with van der Waals surface area (Å²) >= 11 is 1.62. The molecule has 1 aliphatic rings. The highest BCUT2D eigenvalue weighted by atomic mass is 32.1. The molecule has 8 nitrogen and oxygen atoms in total. The molecule has 3 heterocycles. The van der Waals surface area contributed by atoms with E-state index in [4.69, 9.17) is 4.74 Å². The van der Waals surface area contributed by atoms with Gasteiger partial charge in [-0.15, -0.1) is 21.5 Å². The summed E-state index contributed by atoms with van der Waals surface area (Å²) in [6.45, 7) is 8.34. The van der Waals surface area contributed by atoms with Crippen molar-refractivity contribution in [3.05, 3.63) is 46.3 Å². The quantitative estimate of drug-likeness (QED) is 0.593. The molecule has 0 bridgehead atoms. The molecule has 0 saturated heterocycles. The first-order chi connectivity index (χ1) is 14.9. The van der Waals surface area contributed by atoms with Gasteiger partial charge in [-0.3, -0.25) is 0 Å². The van der Waals surface area contributed by atoms with Crippen LogP contribution in [0, 0.1) is 6.92 Å². The third-order valence-corrected chi connectivity index (χ3v) is 5.74. The van der Waals surface area contributed by atoms with Crippen LogP contribution in [0.2, 0.25) is 0 Å². The van der Waals surface area contributed by atoms with Crippen molar-refractivity contribution >= 4 is 29.3 Å². The van der Waals surface area contributed by atoms with Gasteiger partial charge in [0, 0.05) is 42.4 Å². The van der Waals surface area contributed by atoms with Crippen LogP contribution in [0.3, 0.4) is 0 Å². The lowest BCUT2D eigenvalue weighted by molar-refractivity contribution is 0.242. The van der Waals surface area contributed by atoms with Gasteiger partial charge >= 0.3 is 6.03 Å². The molecule has 0 spiro atoms. The first-order valence-corrected chi connectivity index (χ1v) is 11.2. The lowest BCUT2D eigenvalue weighted by Gasteiger charge is -2.18. The van der Waals surface area contributed by atoms with Crippen LogP contribution in [-0.2, 0) is 6.42 Å². The lowest BCUT2D eigenvalue weighted by Crippen LogP contribution is -2.28. The highest BCUT2D eigenvalue weighted by Crippen LogP contribution is 2.34.